The van der Waals surface area contributed by atoms with E-state index in [0.717, 1.165) is 30.2 Å². The molecule has 8 heteroatoms. The zero-order chi connectivity index (χ0) is 21.3. The standard InChI is InChI=1S/C23H17FN4O3/c1-2-31-23(30)14-10-28(11-7-8-11)20-13(21(14)29)9-15(24)18-19(20)27-22-17(26-18)12-5-3-4-6-16(12)25-22/h3-4,6,9-11H,2,5,7-8H2,1H3. The lowest BCUT2D eigenvalue weighted by Gasteiger charge is -2.14. The molecule has 1 aliphatic heterocycles. The van der Waals surface area contributed by atoms with E-state index in [1.807, 2.05) is 22.8 Å². The molecule has 2 aromatic heterocycles. The number of fused-ring (bicyclic) bond motifs is 5. The van der Waals surface area contributed by atoms with Crippen LogP contribution in [0.4, 0.5) is 4.39 Å². The smallest absolute Gasteiger partial charge is 0.343 e. The fourth-order valence-corrected chi connectivity index (χ4v) is 4.25. The Morgan fingerprint density at radius 2 is 2.13 bits per heavy atom. The Balaban J connectivity index is 1.75. The summed E-state index contributed by atoms with van der Waals surface area (Å²) in [7, 11) is 0. The lowest BCUT2D eigenvalue weighted by molar-refractivity contribution is 0.0524. The van der Waals surface area contributed by atoms with Crippen LogP contribution < -0.4 is 16.3 Å². The minimum Gasteiger partial charge on any atom is -0.462 e. The van der Waals surface area contributed by atoms with Crippen molar-refractivity contribution in [1.82, 2.24) is 14.5 Å². The maximum Gasteiger partial charge on any atom is 0.343 e. The van der Waals surface area contributed by atoms with Gasteiger partial charge in [0.15, 0.2) is 11.3 Å². The number of ether oxygens (including phenoxy) is 1. The van der Waals surface area contributed by atoms with Crippen molar-refractivity contribution in [2.24, 2.45) is 4.99 Å². The number of aromatic nitrogens is 3. The van der Waals surface area contributed by atoms with Crippen LogP contribution >= 0.6 is 0 Å². The quantitative estimate of drug-likeness (QED) is 0.483. The summed E-state index contributed by atoms with van der Waals surface area (Å²) in [5.74, 6) is -1.36. The second kappa shape index (κ2) is 6.41. The molecule has 0 saturated heterocycles. The molecule has 0 unspecified atom stereocenters. The lowest BCUT2D eigenvalue weighted by Crippen LogP contribution is -2.31. The molecule has 3 heterocycles. The van der Waals surface area contributed by atoms with Crippen LogP contribution in [0.5, 0.6) is 0 Å². The SMILES string of the molecule is CCOC(=O)c1cn(C2CC2)c2c(cc(F)c3nc4c(nc32)=NC2=CC=CCC=42)c1=O. The largest absolute Gasteiger partial charge is 0.462 e. The van der Waals surface area contributed by atoms with Gasteiger partial charge in [0, 0.05) is 17.8 Å². The molecule has 3 aromatic rings. The summed E-state index contributed by atoms with van der Waals surface area (Å²) in [6.07, 6.45) is 9.78. The third-order valence-electron chi connectivity index (χ3n) is 5.84. The van der Waals surface area contributed by atoms with Crippen LogP contribution in [0, 0.1) is 5.82 Å². The molecular formula is C23H17FN4O3. The lowest BCUT2D eigenvalue weighted by atomic mass is 10.1. The third kappa shape index (κ3) is 2.60. The maximum atomic E-state index is 15.2. The van der Waals surface area contributed by atoms with Crippen molar-refractivity contribution in [3.63, 3.8) is 0 Å². The van der Waals surface area contributed by atoms with E-state index in [-0.39, 0.29) is 34.6 Å². The monoisotopic (exact) mass is 416 g/mol. The van der Waals surface area contributed by atoms with Crippen LogP contribution in [0.3, 0.4) is 0 Å². The molecule has 154 valence electrons. The summed E-state index contributed by atoms with van der Waals surface area (Å²) in [6.45, 7) is 1.82. The second-order valence-corrected chi connectivity index (χ2v) is 7.85. The first-order chi connectivity index (χ1) is 15.1. The highest BCUT2D eigenvalue weighted by Gasteiger charge is 2.29. The summed E-state index contributed by atoms with van der Waals surface area (Å²) >= 11 is 0. The molecule has 31 heavy (non-hydrogen) atoms. The van der Waals surface area contributed by atoms with Gasteiger partial charge in [-0.05, 0) is 38.3 Å². The van der Waals surface area contributed by atoms with E-state index < -0.39 is 17.2 Å². The van der Waals surface area contributed by atoms with Gasteiger partial charge in [-0.25, -0.2) is 24.1 Å². The predicted octanol–water partition coefficient (Wildman–Crippen LogP) is 2.22. The van der Waals surface area contributed by atoms with Crippen LogP contribution in [-0.4, -0.2) is 27.1 Å². The number of esters is 1. The van der Waals surface area contributed by atoms with E-state index in [4.69, 9.17) is 4.74 Å². The molecule has 1 saturated carbocycles. The topological polar surface area (TPSA) is 86.4 Å². The highest BCUT2D eigenvalue weighted by molar-refractivity contribution is 6.04. The number of hydrogen-bond donors (Lipinski definition) is 0. The molecule has 0 radical (unpaired) electrons. The summed E-state index contributed by atoms with van der Waals surface area (Å²) < 4.78 is 22.1. The van der Waals surface area contributed by atoms with Crippen molar-refractivity contribution < 1.29 is 13.9 Å². The molecule has 3 aliphatic rings. The van der Waals surface area contributed by atoms with Gasteiger partial charge < -0.3 is 9.30 Å². The fraction of sp³-hybridized carbons (Fsp3) is 0.261. The normalized spacial score (nSPS) is 16.8. The van der Waals surface area contributed by atoms with Gasteiger partial charge in [-0.1, -0.05) is 12.2 Å². The van der Waals surface area contributed by atoms with Crippen molar-refractivity contribution in [2.45, 2.75) is 32.2 Å². The van der Waals surface area contributed by atoms with E-state index in [1.54, 1.807) is 6.92 Å². The number of carbonyl (C=O) groups is 1. The van der Waals surface area contributed by atoms with Gasteiger partial charge in [0.05, 0.1) is 23.2 Å². The van der Waals surface area contributed by atoms with Crippen molar-refractivity contribution in [3.05, 3.63) is 68.6 Å². The van der Waals surface area contributed by atoms with Crippen LogP contribution in [0.25, 0.3) is 27.5 Å². The Morgan fingerprint density at radius 1 is 1.29 bits per heavy atom. The number of nitrogens with zero attached hydrogens (tertiary/aromatic N) is 4. The Morgan fingerprint density at radius 3 is 2.90 bits per heavy atom. The van der Waals surface area contributed by atoms with Gasteiger partial charge in [0.25, 0.3) is 0 Å². The summed E-state index contributed by atoms with van der Waals surface area (Å²) in [6, 6.07) is 1.28. The molecule has 0 N–H and O–H groups in total. The van der Waals surface area contributed by atoms with E-state index in [9.17, 15) is 9.59 Å². The highest BCUT2D eigenvalue weighted by atomic mass is 19.1. The van der Waals surface area contributed by atoms with Gasteiger partial charge in [-0.15, -0.1) is 0 Å². The van der Waals surface area contributed by atoms with Gasteiger partial charge in [0.2, 0.25) is 5.43 Å². The van der Waals surface area contributed by atoms with E-state index in [2.05, 4.69) is 15.0 Å². The van der Waals surface area contributed by atoms with E-state index >= 15 is 4.39 Å². The van der Waals surface area contributed by atoms with Gasteiger partial charge in [0.1, 0.15) is 21.9 Å². The number of carbonyl (C=O) groups excluding carboxylic acids is 1. The predicted molar refractivity (Wildman–Crippen MR) is 112 cm³/mol. The van der Waals surface area contributed by atoms with Crippen molar-refractivity contribution in [3.8, 4) is 0 Å². The second-order valence-electron chi connectivity index (χ2n) is 7.85. The first-order valence-corrected chi connectivity index (χ1v) is 10.3. The molecule has 2 aliphatic carbocycles. The Labute approximate surface area is 174 Å². The van der Waals surface area contributed by atoms with Crippen LogP contribution in [0.2, 0.25) is 0 Å². The number of pyridine rings is 1. The highest BCUT2D eigenvalue weighted by Crippen LogP contribution is 2.38. The maximum absolute atomic E-state index is 15.2. The number of halogens is 1. The van der Waals surface area contributed by atoms with Crippen molar-refractivity contribution in [1.29, 1.82) is 0 Å². The summed E-state index contributed by atoms with van der Waals surface area (Å²) in [5, 5.41) is 0.672. The average molecular weight is 416 g/mol. The molecule has 7 nitrogen and oxygen atoms in total. The first-order valence-electron chi connectivity index (χ1n) is 10.3. The molecule has 0 bridgehead atoms. The molecule has 6 rings (SSSR count). The molecular weight excluding hydrogens is 399 g/mol. The Hall–Kier alpha value is -3.68. The number of rotatable bonds is 3. The molecule has 0 spiro atoms. The zero-order valence-corrected chi connectivity index (χ0v) is 16.7. The summed E-state index contributed by atoms with van der Waals surface area (Å²) in [5.41, 5.74) is 2.32. The molecule has 1 aromatic carbocycles. The number of hydrogen-bond acceptors (Lipinski definition) is 6. The van der Waals surface area contributed by atoms with Crippen molar-refractivity contribution >= 4 is 33.5 Å². The Bertz CT molecular complexity index is 1580. The van der Waals surface area contributed by atoms with Crippen LogP contribution in [-0.2, 0) is 4.74 Å². The Kier molecular flexibility index (Phi) is 3.74. The molecule has 1 fully saturated rings. The van der Waals surface area contributed by atoms with Gasteiger partial charge in [-0.3, -0.25) is 4.79 Å². The third-order valence-corrected chi connectivity index (χ3v) is 5.84. The first kappa shape index (κ1) is 18.1. The van der Waals surface area contributed by atoms with Gasteiger partial charge in [-0.2, -0.15) is 0 Å². The van der Waals surface area contributed by atoms with Crippen molar-refractivity contribution in [2.75, 3.05) is 6.61 Å². The minimum absolute atomic E-state index is 0.0978. The van der Waals surface area contributed by atoms with E-state index in [1.165, 1.54) is 6.20 Å². The summed E-state index contributed by atoms with van der Waals surface area (Å²) in [4.78, 5) is 39.3. The molecule has 0 amide bonds. The average Bonchev–Trinajstić information content (AvgIpc) is 3.54. The minimum atomic E-state index is -0.709. The van der Waals surface area contributed by atoms with E-state index in [0.29, 0.717) is 22.8 Å². The van der Waals surface area contributed by atoms with Crippen LogP contribution in [0.15, 0.2) is 46.0 Å². The fourth-order valence-electron chi connectivity index (χ4n) is 4.25. The number of benzene rings is 1. The zero-order valence-electron chi connectivity index (χ0n) is 16.7. The van der Waals surface area contributed by atoms with Crippen LogP contribution in [0.1, 0.15) is 42.6 Å². The van der Waals surface area contributed by atoms with Gasteiger partial charge >= 0.3 is 5.97 Å². The number of allylic oxidation sites excluding steroid dienone is 4. The molecule has 0 atom stereocenters.